The van der Waals surface area contributed by atoms with Crippen LogP contribution in [-0.4, -0.2) is 50.6 Å². The van der Waals surface area contributed by atoms with Crippen molar-refractivity contribution in [3.8, 4) is 6.07 Å². The van der Waals surface area contributed by atoms with Crippen molar-refractivity contribution in [3.63, 3.8) is 0 Å². The van der Waals surface area contributed by atoms with Crippen LogP contribution in [0.15, 0.2) is 59.1 Å². The third-order valence-electron chi connectivity index (χ3n) is 5.19. The van der Waals surface area contributed by atoms with Crippen LogP contribution >= 0.6 is 0 Å². The number of allylic oxidation sites excluding steroid dienone is 1. The zero-order valence-corrected chi connectivity index (χ0v) is 19.7. The Balaban J connectivity index is 2.37. The van der Waals surface area contributed by atoms with E-state index in [2.05, 4.69) is 0 Å². The third kappa shape index (κ3) is 4.76. The second-order valence-electron chi connectivity index (χ2n) is 7.97. The van der Waals surface area contributed by atoms with E-state index in [1.165, 1.54) is 31.7 Å². The van der Waals surface area contributed by atoms with Crippen molar-refractivity contribution in [1.82, 2.24) is 8.87 Å². The highest BCUT2D eigenvalue weighted by Gasteiger charge is 2.28. The van der Waals surface area contributed by atoms with Gasteiger partial charge in [0.25, 0.3) is 10.0 Å². The minimum Gasteiger partial charge on any atom is -0.382 e. The Bertz CT molecular complexity index is 1410. The molecule has 0 fully saturated rings. The maximum absolute atomic E-state index is 13.7. The minimum absolute atomic E-state index is 0.0244. The van der Waals surface area contributed by atoms with Crippen molar-refractivity contribution < 1.29 is 18.0 Å². The lowest BCUT2D eigenvalue weighted by atomic mass is 9.73. The van der Waals surface area contributed by atoms with Gasteiger partial charge in [-0.15, -0.1) is 0 Å². The van der Waals surface area contributed by atoms with E-state index in [0.29, 0.717) is 23.4 Å². The van der Waals surface area contributed by atoms with Crippen LogP contribution in [0.2, 0.25) is 0 Å². The first-order valence-corrected chi connectivity index (χ1v) is 11.6. The van der Waals surface area contributed by atoms with Gasteiger partial charge in [0.2, 0.25) is 13.1 Å². The number of Topliss-reactive ketones (excluding diaryl/α,β-unsaturated/α-hetero) is 1. The first-order valence-electron chi connectivity index (χ1n) is 10.2. The lowest BCUT2D eigenvalue weighted by Crippen LogP contribution is -2.20. The molecule has 3 rings (SSSR count). The maximum atomic E-state index is 13.7. The SMILES string of the molecule is Cc1ccc(S(=O)(=O)n2c(C(=O)/C(C#N)=C/N(C)C)cc3cc(C)c(C[B]C=O)cc32)cc1. The largest absolute Gasteiger partial charge is 0.382 e. The Morgan fingerprint density at radius 3 is 2.39 bits per heavy atom. The topological polar surface area (TPSA) is 100 Å². The molecular formula is C24H23BN3O4S. The van der Waals surface area contributed by atoms with E-state index in [4.69, 9.17) is 0 Å². The number of nitrogens with zero attached hydrogens (tertiary/aromatic N) is 3. The molecule has 167 valence electrons. The normalized spacial score (nSPS) is 11.8. The summed E-state index contributed by atoms with van der Waals surface area (Å²) in [7, 11) is 0.609. The number of rotatable bonds is 8. The molecule has 0 aliphatic carbocycles. The predicted molar refractivity (Wildman–Crippen MR) is 128 cm³/mol. The fourth-order valence-corrected chi connectivity index (χ4v) is 5.05. The fourth-order valence-electron chi connectivity index (χ4n) is 3.55. The van der Waals surface area contributed by atoms with Crippen LogP contribution in [-0.2, 0) is 21.1 Å². The van der Waals surface area contributed by atoms with Gasteiger partial charge in [-0.25, -0.2) is 12.4 Å². The summed E-state index contributed by atoms with van der Waals surface area (Å²) in [6, 6.07) is 13.2. The monoisotopic (exact) mass is 460 g/mol. The molecule has 0 unspecified atom stereocenters. The van der Waals surface area contributed by atoms with Gasteiger partial charge in [0.05, 0.1) is 16.6 Å². The first-order chi connectivity index (χ1) is 15.6. The van der Waals surface area contributed by atoms with Crippen molar-refractivity contribution in [2.45, 2.75) is 25.1 Å². The summed E-state index contributed by atoms with van der Waals surface area (Å²) >= 11 is 0. The van der Waals surface area contributed by atoms with Gasteiger partial charge in [0.1, 0.15) is 17.3 Å². The summed E-state index contributed by atoms with van der Waals surface area (Å²) in [5.41, 5.74) is 2.50. The van der Waals surface area contributed by atoms with Crippen molar-refractivity contribution in [2.24, 2.45) is 0 Å². The molecule has 0 aliphatic heterocycles. The summed E-state index contributed by atoms with van der Waals surface area (Å²) in [4.78, 5) is 25.7. The van der Waals surface area contributed by atoms with E-state index in [1.54, 1.807) is 43.3 Å². The van der Waals surface area contributed by atoms with E-state index < -0.39 is 15.8 Å². The predicted octanol–water partition coefficient (Wildman–Crippen LogP) is 3.04. The number of nitriles is 1. The number of benzene rings is 2. The molecule has 0 spiro atoms. The van der Waals surface area contributed by atoms with Gasteiger partial charge < -0.3 is 9.69 Å². The van der Waals surface area contributed by atoms with Crippen LogP contribution in [0.4, 0.5) is 0 Å². The molecule has 0 saturated carbocycles. The van der Waals surface area contributed by atoms with Gasteiger partial charge in [-0.05, 0) is 56.1 Å². The number of ketones is 1. The van der Waals surface area contributed by atoms with Gasteiger partial charge in [-0.1, -0.05) is 23.3 Å². The Labute approximate surface area is 194 Å². The van der Waals surface area contributed by atoms with Gasteiger partial charge in [-0.2, -0.15) is 5.26 Å². The average molecular weight is 460 g/mol. The zero-order valence-electron chi connectivity index (χ0n) is 18.9. The number of hydrogen-bond donors (Lipinski definition) is 0. The van der Waals surface area contributed by atoms with Crippen LogP contribution in [0.25, 0.3) is 10.9 Å². The molecule has 0 atom stereocenters. The van der Waals surface area contributed by atoms with E-state index in [0.717, 1.165) is 20.7 Å². The molecule has 33 heavy (non-hydrogen) atoms. The van der Waals surface area contributed by atoms with E-state index in [1.807, 2.05) is 19.9 Å². The Morgan fingerprint density at radius 1 is 1.15 bits per heavy atom. The standard InChI is InChI=1S/C24H23BN3O4S/c1-16-5-7-21(8-6-16)33(31,32)28-22-11-19(12-25-15-29)17(2)9-18(22)10-23(28)24(30)20(13-26)14-27(3)4/h5-11,14-15H,12H2,1-4H3/b20-14+. The van der Waals surface area contributed by atoms with Crippen LogP contribution < -0.4 is 0 Å². The van der Waals surface area contributed by atoms with Crippen LogP contribution in [0, 0.1) is 25.2 Å². The number of carbonyl (C=O) groups excluding carboxylic acids is 2. The molecule has 0 saturated heterocycles. The molecule has 9 heteroatoms. The second-order valence-corrected chi connectivity index (χ2v) is 9.76. The van der Waals surface area contributed by atoms with Crippen molar-refractivity contribution in [3.05, 3.63) is 76.6 Å². The number of hydrogen-bond acceptors (Lipinski definition) is 6. The van der Waals surface area contributed by atoms with Crippen molar-refractivity contribution >= 4 is 40.2 Å². The quantitative estimate of drug-likeness (QED) is 0.168. The van der Waals surface area contributed by atoms with Gasteiger partial charge >= 0.3 is 0 Å². The lowest BCUT2D eigenvalue weighted by molar-refractivity contribution is 0.103. The van der Waals surface area contributed by atoms with Crippen LogP contribution in [0.3, 0.4) is 0 Å². The third-order valence-corrected chi connectivity index (χ3v) is 6.94. The molecule has 0 bridgehead atoms. The molecule has 1 aromatic heterocycles. The number of aromatic nitrogens is 1. The fraction of sp³-hybridized carbons (Fsp3) is 0.208. The molecule has 0 amide bonds. The van der Waals surface area contributed by atoms with Gasteiger partial charge in [0.15, 0.2) is 0 Å². The number of fused-ring (bicyclic) bond motifs is 1. The number of aryl methyl sites for hydroxylation is 2. The summed E-state index contributed by atoms with van der Waals surface area (Å²) < 4.78 is 28.4. The Morgan fingerprint density at radius 2 is 1.82 bits per heavy atom. The molecule has 0 N–H and O–H groups in total. The summed E-state index contributed by atoms with van der Waals surface area (Å²) in [5, 5.41) is 10.1. The Kier molecular flexibility index (Phi) is 6.89. The van der Waals surface area contributed by atoms with Crippen molar-refractivity contribution in [1.29, 1.82) is 5.26 Å². The zero-order chi connectivity index (χ0) is 24.3. The molecule has 3 aromatic rings. The molecular weight excluding hydrogens is 437 g/mol. The van der Waals surface area contributed by atoms with Crippen LogP contribution in [0.1, 0.15) is 27.2 Å². The molecule has 2 aromatic carbocycles. The summed E-state index contributed by atoms with van der Waals surface area (Å²) in [5.74, 6) is -0.697. The van der Waals surface area contributed by atoms with E-state index in [-0.39, 0.29) is 16.2 Å². The molecule has 1 radical (unpaired) electrons. The first kappa shape index (κ1) is 24.0. The van der Waals surface area contributed by atoms with E-state index in [9.17, 15) is 23.3 Å². The lowest BCUT2D eigenvalue weighted by Gasteiger charge is -2.13. The van der Waals surface area contributed by atoms with Crippen LogP contribution in [0.5, 0.6) is 0 Å². The summed E-state index contributed by atoms with van der Waals surface area (Å²) in [6.45, 7) is 3.70. The molecule has 7 nitrogen and oxygen atoms in total. The highest BCUT2D eigenvalue weighted by Crippen LogP contribution is 2.30. The molecule has 1 heterocycles. The average Bonchev–Trinajstić information content (AvgIpc) is 3.14. The highest BCUT2D eigenvalue weighted by atomic mass is 32.2. The second kappa shape index (κ2) is 9.47. The molecule has 0 aliphatic rings. The van der Waals surface area contributed by atoms with E-state index >= 15 is 0 Å². The highest BCUT2D eigenvalue weighted by molar-refractivity contribution is 7.90. The van der Waals surface area contributed by atoms with Crippen molar-refractivity contribution in [2.75, 3.05) is 14.1 Å². The Hall–Kier alpha value is -3.64. The smallest absolute Gasteiger partial charge is 0.268 e. The van der Waals surface area contributed by atoms with Gasteiger partial charge in [0, 0.05) is 25.7 Å². The minimum atomic E-state index is -4.17. The summed E-state index contributed by atoms with van der Waals surface area (Å²) in [6.07, 6.45) is 2.37. The number of carbonyl (C=O) groups is 2. The maximum Gasteiger partial charge on any atom is 0.268 e. The van der Waals surface area contributed by atoms with Gasteiger partial charge in [-0.3, -0.25) is 4.79 Å².